The van der Waals surface area contributed by atoms with Gasteiger partial charge in [0, 0.05) is 13.7 Å². The molecular weight excluding hydrogens is 294 g/mol. The van der Waals surface area contributed by atoms with Crippen LogP contribution in [0.2, 0.25) is 0 Å². The predicted molar refractivity (Wildman–Crippen MR) is 86.8 cm³/mol. The zero-order valence-corrected chi connectivity index (χ0v) is 13.9. The van der Waals surface area contributed by atoms with E-state index in [0.29, 0.717) is 0 Å². The smallest absolute Gasteiger partial charge is 0.186 e. The number of nitrogens with one attached hydrogen (secondary N) is 1. The van der Waals surface area contributed by atoms with Crippen molar-refractivity contribution in [2.24, 2.45) is 0 Å². The van der Waals surface area contributed by atoms with Gasteiger partial charge in [0.2, 0.25) is 0 Å². The van der Waals surface area contributed by atoms with Gasteiger partial charge in [-0.2, -0.15) is 0 Å². The van der Waals surface area contributed by atoms with E-state index in [1.165, 1.54) is 5.56 Å². The lowest BCUT2D eigenvalue weighted by molar-refractivity contribution is -0.228. The number of hydrogen-bond acceptors (Lipinski definition) is 5. The highest BCUT2D eigenvalue weighted by Gasteiger charge is 2.56. The standard InChI is InChI=1S/C18H25NO4/c1-5-13(19-11-12-9-7-6-8-10-12)14-15-16(17(20-4)21-14)23-18(2,3)22-15/h5-10,13-17,19H,1,11H2,2-4H3/t13-,14-,15+,16+,17+/m1/s1. The Kier molecular flexibility index (Phi) is 4.85. The molecule has 5 heteroatoms. The van der Waals surface area contributed by atoms with Gasteiger partial charge in [-0.05, 0) is 19.4 Å². The molecule has 2 aliphatic rings. The first-order chi connectivity index (χ1) is 11.0. The number of hydrogen-bond donors (Lipinski definition) is 1. The molecular formula is C18H25NO4. The molecule has 2 saturated heterocycles. The normalized spacial score (nSPS) is 33.3. The molecule has 5 atom stereocenters. The van der Waals surface area contributed by atoms with Crippen LogP contribution in [0.15, 0.2) is 43.0 Å². The minimum Gasteiger partial charge on any atom is -0.353 e. The summed E-state index contributed by atoms with van der Waals surface area (Å²) in [7, 11) is 1.62. The summed E-state index contributed by atoms with van der Waals surface area (Å²) in [6.07, 6.45) is 0.833. The highest BCUT2D eigenvalue weighted by molar-refractivity contribution is 5.15. The molecule has 3 rings (SSSR count). The number of ether oxygens (including phenoxy) is 4. The first-order valence-electron chi connectivity index (χ1n) is 7.98. The molecule has 1 aromatic carbocycles. The highest BCUT2D eigenvalue weighted by atomic mass is 16.8. The van der Waals surface area contributed by atoms with Gasteiger partial charge < -0.3 is 24.3 Å². The summed E-state index contributed by atoms with van der Waals surface area (Å²) in [5, 5.41) is 3.48. The SMILES string of the molecule is C=C[C@@H](NCc1ccccc1)[C@H]1O[C@H](OC)[C@H]2OC(C)(C)O[C@H]21. The molecule has 1 aromatic rings. The summed E-state index contributed by atoms with van der Waals surface area (Å²) < 4.78 is 23.4. The van der Waals surface area contributed by atoms with Crippen LogP contribution in [0.5, 0.6) is 0 Å². The van der Waals surface area contributed by atoms with Crippen LogP contribution in [0.1, 0.15) is 19.4 Å². The van der Waals surface area contributed by atoms with Gasteiger partial charge in [-0.3, -0.25) is 0 Å². The fraction of sp³-hybridized carbons (Fsp3) is 0.556. The van der Waals surface area contributed by atoms with Crippen LogP contribution < -0.4 is 5.32 Å². The Morgan fingerprint density at radius 1 is 1.26 bits per heavy atom. The van der Waals surface area contributed by atoms with Crippen LogP contribution in [0.4, 0.5) is 0 Å². The third kappa shape index (κ3) is 3.49. The van der Waals surface area contributed by atoms with Crippen LogP contribution in [-0.2, 0) is 25.5 Å². The van der Waals surface area contributed by atoms with Gasteiger partial charge in [0.05, 0.1) is 6.04 Å². The molecule has 1 N–H and O–H groups in total. The summed E-state index contributed by atoms with van der Waals surface area (Å²) >= 11 is 0. The Balaban J connectivity index is 1.69. The van der Waals surface area contributed by atoms with Crippen LogP contribution >= 0.6 is 0 Å². The summed E-state index contributed by atoms with van der Waals surface area (Å²) in [5.74, 6) is -0.626. The average molecular weight is 319 g/mol. The van der Waals surface area contributed by atoms with Crippen molar-refractivity contribution >= 4 is 0 Å². The number of benzene rings is 1. The molecule has 0 aliphatic carbocycles. The minimum absolute atomic E-state index is 0.0552. The second-order valence-corrected chi connectivity index (χ2v) is 6.40. The Morgan fingerprint density at radius 2 is 1.96 bits per heavy atom. The lowest BCUT2D eigenvalue weighted by atomic mass is 10.0. The third-order valence-electron chi connectivity index (χ3n) is 4.27. The topological polar surface area (TPSA) is 49.0 Å². The van der Waals surface area contributed by atoms with Gasteiger partial charge in [-0.25, -0.2) is 0 Å². The second kappa shape index (κ2) is 6.71. The van der Waals surface area contributed by atoms with E-state index in [1.54, 1.807) is 7.11 Å². The van der Waals surface area contributed by atoms with Crippen LogP contribution in [0.25, 0.3) is 0 Å². The van der Waals surface area contributed by atoms with Gasteiger partial charge in [0.15, 0.2) is 12.1 Å². The lowest BCUT2D eigenvalue weighted by Gasteiger charge is -2.27. The third-order valence-corrected chi connectivity index (χ3v) is 4.27. The lowest BCUT2D eigenvalue weighted by Crippen LogP contribution is -2.45. The number of fused-ring (bicyclic) bond motifs is 1. The molecule has 0 spiro atoms. The fourth-order valence-electron chi connectivity index (χ4n) is 3.24. The van der Waals surface area contributed by atoms with Gasteiger partial charge in [0.25, 0.3) is 0 Å². The molecule has 0 amide bonds. The molecule has 23 heavy (non-hydrogen) atoms. The van der Waals surface area contributed by atoms with E-state index in [2.05, 4.69) is 24.0 Å². The summed E-state index contributed by atoms with van der Waals surface area (Å²) in [4.78, 5) is 0. The molecule has 0 unspecified atom stereocenters. The second-order valence-electron chi connectivity index (χ2n) is 6.40. The van der Waals surface area contributed by atoms with Crippen LogP contribution in [0.3, 0.4) is 0 Å². The minimum atomic E-state index is -0.626. The zero-order chi connectivity index (χ0) is 16.4. The van der Waals surface area contributed by atoms with Crippen LogP contribution in [-0.4, -0.2) is 43.5 Å². The van der Waals surface area contributed by atoms with E-state index in [-0.39, 0.29) is 24.4 Å². The van der Waals surface area contributed by atoms with Gasteiger partial charge in [-0.1, -0.05) is 36.4 Å². The maximum atomic E-state index is 6.04. The van der Waals surface area contributed by atoms with Crippen molar-refractivity contribution in [2.45, 2.75) is 56.8 Å². The van der Waals surface area contributed by atoms with Crippen molar-refractivity contribution in [3.8, 4) is 0 Å². The molecule has 0 saturated carbocycles. The van der Waals surface area contributed by atoms with E-state index in [4.69, 9.17) is 18.9 Å². The largest absolute Gasteiger partial charge is 0.353 e. The molecule has 2 heterocycles. The maximum absolute atomic E-state index is 6.04. The monoisotopic (exact) mass is 319 g/mol. The molecule has 0 radical (unpaired) electrons. The highest BCUT2D eigenvalue weighted by Crippen LogP contribution is 2.40. The summed E-state index contributed by atoms with van der Waals surface area (Å²) in [6.45, 7) is 8.50. The van der Waals surface area contributed by atoms with E-state index in [1.807, 2.05) is 38.1 Å². The van der Waals surface area contributed by atoms with E-state index >= 15 is 0 Å². The Labute approximate surface area is 137 Å². The Morgan fingerprint density at radius 3 is 2.61 bits per heavy atom. The molecule has 5 nitrogen and oxygen atoms in total. The summed E-state index contributed by atoms with van der Waals surface area (Å²) in [5.41, 5.74) is 1.21. The van der Waals surface area contributed by atoms with Crippen molar-refractivity contribution in [1.82, 2.24) is 5.32 Å². The molecule has 2 aliphatic heterocycles. The fourth-order valence-corrected chi connectivity index (χ4v) is 3.24. The molecule has 126 valence electrons. The molecule has 0 bridgehead atoms. The van der Waals surface area contributed by atoms with Gasteiger partial charge in [0.1, 0.15) is 18.3 Å². The maximum Gasteiger partial charge on any atom is 0.186 e. The Hall–Kier alpha value is -1.24. The van der Waals surface area contributed by atoms with Crippen molar-refractivity contribution < 1.29 is 18.9 Å². The van der Waals surface area contributed by atoms with Crippen molar-refractivity contribution in [2.75, 3.05) is 7.11 Å². The predicted octanol–water partition coefficient (Wildman–Crippen LogP) is 2.22. The first-order valence-corrected chi connectivity index (χ1v) is 7.98. The van der Waals surface area contributed by atoms with E-state index in [0.717, 1.165) is 6.54 Å². The van der Waals surface area contributed by atoms with Gasteiger partial charge >= 0.3 is 0 Å². The number of methoxy groups -OCH3 is 1. The van der Waals surface area contributed by atoms with E-state index < -0.39 is 12.1 Å². The van der Waals surface area contributed by atoms with Crippen molar-refractivity contribution in [3.05, 3.63) is 48.6 Å². The molecule has 0 aromatic heterocycles. The Bertz CT molecular complexity index is 533. The van der Waals surface area contributed by atoms with E-state index in [9.17, 15) is 0 Å². The average Bonchev–Trinajstić information content (AvgIpc) is 3.02. The first kappa shape index (κ1) is 16.6. The zero-order valence-electron chi connectivity index (χ0n) is 13.9. The quantitative estimate of drug-likeness (QED) is 0.815. The van der Waals surface area contributed by atoms with Crippen molar-refractivity contribution in [3.63, 3.8) is 0 Å². The van der Waals surface area contributed by atoms with Crippen LogP contribution in [0, 0.1) is 0 Å². The van der Waals surface area contributed by atoms with Crippen molar-refractivity contribution in [1.29, 1.82) is 0 Å². The number of rotatable bonds is 6. The summed E-state index contributed by atoms with van der Waals surface area (Å²) in [6, 6.07) is 10.2. The molecule has 2 fully saturated rings. The van der Waals surface area contributed by atoms with Gasteiger partial charge in [-0.15, -0.1) is 6.58 Å².